The monoisotopic (exact) mass is 440 g/mol. The van der Waals surface area contributed by atoms with Crippen LogP contribution in [0.4, 0.5) is 4.39 Å². The van der Waals surface area contributed by atoms with Crippen molar-refractivity contribution < 1.29 is 27.3 Å². The van der Waals surface area contributed by atoms with Gasteiger partial charge in [0.1, 0.15) is 11.5 Å². The van der Waals surface area contributed by atoms with E-state index in [1.165, 1.54) is 12.1 Å². The zero-order chi connectivity index (χ0) is 19.4. The number of hydrogen-bond acceptors (Lipinski definition) is 2. The molecule has 158 valence electrons. The number of carbonyl (C=O) groups is 1. The highest BCUT2D eigenvalue weighted by molar-refractivity contribution is 6.21. The Morgan fingerprint density at radius 1 is 1.14 bits per heavy atom. The summed E-state index contributed by atoms with van der Waals surface area (Å²) in [4.78, 5) is 15.5. The average Bonchev–Trinajstić information content (AvgIpc) is 3.08. The third kappa shape index (κ3) is 6.72. The van der Waals surface area contributed by atoms with Gasteiger partial charge >= 0.3 is 0 Å². The van der Waals surface area contributed by atoms with E-state index in [0.29, 0.717) is 18.3 Å². The molecule has 2 atom stereocenters. The van der Waals surface area contributed by atoms with Crippen LogP contribution in [-0.4, -0.2) is 28.9 Å². The first kappa shape index (κ1) is 24.9. The molecular weight excluding hydrogens is 414 g/mol. The van der Waals surface area contributed by atoms with E-state index in [1.54, 1.807) is 12.1 Å². The van der Waals surface area contributed by atoms with Gasteiger partial charge in [-0.05, 0) is 48.7 Å². The van der Waals surface area contributed by atoms with E-state index in [9.17, 15) is 9.18 Å². The number of aromatic amines is 1. The van der Waals surface area contributed by atoms with Crippen LogP contribution >= 0.6 is 11.6 Å². The zero-order valence-electron chi connectivity index (χ0n) is 16.4. The first-order valence-electron chi connectivity index (χ1n) is 9.06. The number of hydrogen-bond donors (Lipinski definition) is 4. The lowest BCUT2D eigenvalue weighted by Gasteiger charge is -2.10. The van der Waals surface area contributed by atoms with Crippen molar-refractivity contribution in [1.29, 1.82) is 0 Å². The molecule has 0 spiro atoms. The molecule has 1 unspecified atom stereocenters. The second kappa shape index (κ2) is 11.2. The molecule has 0 aliphatic heterocycles. The number of quaternary nitrogens is 1. The van der Waals surface area contributed by atoms with Crippen LogP contribution < -0.4 is 29.6 Å². The topological polar surface area (TPSA) is 108 Å². The minimum absolute atomic E-state index is 0. The average molecular weight is 441 g/mol. The van der Waals surface area contributed by atoms with Crippen LogP contribution in [0, 0.1) is 5.82 Å². The maximum absolute atomic E-state index is 13.1. The predicted octanol–water partition coefficient (Wildman–Crippen LogP) is 0.888. The summed E-state index contributed by atoms with van der Waals surface area (Å²) in [6.07, 6.45) is 1.75. The Bertz CT molecular complexity index is 928. The minimum atomic E-state index is -0.263. The van der Waals surface area contributed by atoms with Crippen molar-refractivity contribution in [3.05, 3.63) is 60.0 Å². The Morgan fingerprint density at radius 3 is 2.45 bits per heavy atom. The maximum atomic E-state index is 13.1. The molecule has 1 heterocycles. The normalized spacial score (nSPS) is 12.6. The third-order valence-electron chi connectivity index (χ3n) is 4.50. The van der Waals surface area contributed by atoms with E-state index in [1.807, 2.05) is 31.2 Å². The SMILES string of the molecule is CC([NH3+])CC[C@H](Cl)CNC(=O)c1cc2ccc(-c3ccc(F)cc3)cc2[nH]1.N.[Cl-]. The Kier molecular flexibility index (Phi) is 9.59. The lowest BCUT2D eigenvalue weighted by atomic mass is 10.0. The minimum Gasteiger partial charge on any atom is -1.00 e. The highest BCUT2D eigenvalue weighted by atomic mass is 35.5. The molecule has 1 aromatic heterocycles. The Morgan fingerprint density at radius 2 is 1.79 bits per heavy atom. The number of amides is 1. The van der Waals surface area contributed by atoms with Crippen molar-refractivity contribution in [2.24, 2.45) is 0 Å². The molecule has 0 radical (unpaired) electrons. The number of benzene rings is 2. The van der Waals surface area contributed by atoms with Gasteiger partial charge < -0.3 is 34.6 Å². The number of aromatic nitrogens is 1. The second-order valence-corrected chi connectivity index (χ2v) is 7.60. The molecule has 0 saturated carbocycles. The molecular formula is C21H27Cl2FN4O. The Hall–Kier alpha value is -2.12. The molecule has 0 aliphatic rings. The van der Waals surface area contributed by atoms with Crippen molar-refractivity contribution in [2.45, 2.75) is 31.2 Å². The first-order chi connectivity index (χ1) is 12.9. The van der Waals surface area contributed by atoms with Gasteiger partial charge in [0.15, 0.2) is 0 Å². The highest BCUT2D eigenvalue weighted by Crippen LogP contribution is 2.25. The van der Waals surface area contributed by atoms with Gasteiger partial charge in [-0.25, -0.2) is 4.39 Å². The fourth-order valence-electron chi connectivity index (χ4n) is 2.94. The van der Waals surface area contributed by atoms with Crippen LogP contribution in [0.15, 0.2) is 48.5 Å². The molecule has 3 aromatic rings. The van der Waals surface area contributed by atoms with Gasteiger partial charge in [-0.15, -0.1) is 11.6 Å². The van der Waals surface area contributed by atoms with Crippen LogP contribution in [0.5, 0.6) is 0 Å². The number of alkyl halides is 1. The van der Waals surface area contributed by atoms with Crippen LogP contribution in [0.2, 0.25) is 0 Å². The van der Waals surface area contributed by atoms with Crippen LogP contribution in [0.1, 0.15) is 30.3 Å². The molecule has 2 aromatic carbocycles. The van der Waals surface area contributed by atoms with Crippen LogP contribution in [-0.2, 0) is 0 Å². The molecule has 0 aliphatic carbocycles. The van der Waals surface area contributed by atoms with Gasteiger partial charge in [-0.2, -0.15) is 0 Å². The van der Waals surface area contributed by atoms with Gasteiger partial charge in [0, 0.05) is 23.9 Å². The standard InChI is InChI=1S/C21H23ClFN3O.ClH.H3N/c1-13(24)2-7-17(22)12-25-21(27)20-11-16-4-3-15(10-19(16)26-20)14-5-8-18(23)9-6-14;;/h3-6,8-11,13,17,26H,2,7,12,24H2,1H3,(H,25,27);1H;1H3/t13?,17-;;/m0../s1. The number of nitrogens with one attached hydrogen (secondary N) is 2. The van der Waals surface area contributed by atoms with Gasteiger partial charge in [-0.3, -0.25) is 4.79 Å². The summed E-state index contributed by atoms with van der Waals surface area (Å²) in [6, 6.07) is 14.4. The van der Waals surface area contributed by atoms with E-state index >= 15 is 0 Å². The number of carbonyl (C=O) groups excluding carboxylic acids is 1. The summed E-state index contributed by atoms with van der Waals surface area (Å²) in [5.74, 6) is -0.441. The van der Waals surface area contributed by atoms with Gasteiger partial charge in [0.2, 0.25) is 0 Å². The lowest BCUT2D eigenvalue weighted by molar-refractivity contribution is -0.415. The van der Waals surface area contributed by atoms with E-state index in [2.05, 4.69) is 16.0 Å². The van der Waals surface area contributed by atoms with E-state index in [0.717, 1.165) is 34.9 Å². The summed E-state index contributed by atoms with van der Waals surface area (Å²) in [5.41, 5.74) is 7.17. The third-order valence-corrected chi connectivity index (χ3v) is 4.87. The fourth-order valence-corrected chi connectivity index (χ4v) is 3.14. The molecule has 1 amide bonds. The number of halogens is 3. The van der Waals surface area contributed by atoms with Gasteiger partial charge in [0.25, 0.3) is 5.91 Å². The lowest BCUT2D eigenvalue weighted by Crippen LogP contribution is -3.00. The smallest absolute Gasteiger partial charge is 0.267 e. The molecule has 3 rings (SSSR count). The summed E-state index contributed by atoms with van der Waals surface area (Å²) < 4.78 is 13.1. The quantitative estimate of drug-likeness (QED) is 0.409. The molecule has 29 heavy (non-hydrogen) atoms. The Labute approximate surface area is 181 Å². The predicted molar refractivity (Wildman–Crippen MR) is 112 cm³/mol. The molecule has 8 heteroatoms. The zero-order valence-corrected chi connectivity index (χ0v) is 17.9. The summed E-state index contributed by atoms with van der Waals surface area (Å²) in [6.45, 7) is 2.47. The largest absolute Gasteiger partial charge is 1.00 e. The van der Waals surface area contributed by atoms with E-state index in [4.69, 9.17) is 11.6 Å². The summed E-state index contributed by atoms with van der Waals surface area (Å²) in [7, 11) is 0. The fraction of sp³-hybridized carbons (Fsp3) is 0.286. The van der Waals surface area contributed by atoms with Crippen molar-refractivity contribution >= 4 is 28.4 Å². The molecule has 0 bridgehead atoms. The first-order valence-corrected chi connectivity index (χ1v) is 9.50. The second-order valence-electron chi connectivity index (χ2n) is 6.98. The van der Waals surface area contributed by atoms with Gasteiger partial charge in [0.05, 0.1) is 11.4 Å². The highest BCUT2D eigenvalue weighted by Gasteiger charge is 2.13. The number of H-pyrrole nitrogens is 1. The van der Waals surface area contributed by atoms with Crippen LogP contribution in [0.25, 0.3) is 22.0 Å². The number of rotatable bonds is 7. The van der Waals surface area contributed by atoms with Crippen molar-refractivity contribution in [3.63, 3.8) is 0 Å². The Balaban J connectivity index is 0.00000210. The van der Waals surface area contributed by atoms with Crippen LogP contribution in [0.3, 0.4) is 0 Å². The van der Waals surface area contributed by atoms with E-state index in [-0.39, 0.29) is 35.7 Å². The van der Waals surface area contributed by atoms with Crippen molar-refractivity contribution in [3.8, 4) is 11.1 Å². The molecule has 0 fully saturated rings. The summed E-state index contributed by atoms with van der Waals surface area (Å²) in [5, 5.41) is 3.71. The number of fused-ring (bicyclic) bond motifs is 1. The molecule has 0 saturated heterocycles. The molecule has 5 nitrogen and oxygen atoms in total. The van der Waals surface area contributed by atoms with Crippen molar-refractivity contribution in [1.82, 2.24) is 16.5 Å². The van der Waals surface area contributed by atoms with Crippen molar-refractivity contribution in [2.75, 3.05) is 6.54 Å². The van der Waals surface area contributed by atoms with E-state index < -0.39 is 0 Å². The molecule has 8 N–H and O–H groups in total. The van der Waals surface area contributed by atoms with Gasteiger partial charge in [-0.1, -0.05) is 24.3 Å². The summed E-state index contributed by atoms with van der Waals surface area (Å²) >= 11 is 6.26. The maximum Gasteiger partial charge on any atom is 0.267 e.